The summed E-state index contributed by atoms with van der Waals surface area (Å²) in [6.45, 7) is 35.1. The first-order chi connectivity index (χ1) is 11.2. The van der Waals surface area contributed by atoms with Gasteiger partial charge >= 0.3 is 127 Å². The first-order valence-corrected chi connectivity index (χ1v) is 18.3. The van der Waals surface area contributed by atoms with Crippen LogP contribution in [0.15, 0.2) is 0 Å². The van der Waals surface area contributed by atoms with Gasteiger partial charge in [0.05, 0.1) is 0 Å². The van der Waals surface area contributed by atoms with Gasteiger partial charge < -0.3 is 4.74 Å². The minimum Gasteiger partial charge on any atom is 0 e. The number of rotatable bonds is 4. The van der Waals surface area contributed by atoms with Gasteiger partial charge in [0.1, 0.15) is 0 Å². The van der Waals surface area contributed by atoms with Crippen LogP contribution in [0.5, 0.6) is 0 Å². The van der Waals surface area contributed by atoms with Crippen LogP contribution >= 0.6 is 0 Å². The fourth-order valence-corrected chi connectivity index (χ4v) is 17.4. The molecule has 0 amide bonds. The van der Waals surface area contributed by atoms with Crippen LogP contribution in [0.4, 0.5) is 0 Å². The molecule has 0 aromatic rings. The second-order valence-corrected chi connectivity index (χ2v) is 24.5. The Hall–Kier alpha value is 0.497. The summed E-state index contributed by atoms with van der Waals surface area (Å²) >= 11 is 0.181. The van der Waals surface area contributed by atoms with E-state index in [1.54, 1.807) is 9.20 Å². The van der Waals surface area contributed by atoms with E-state index in [2.05, 4.69) is 65.9 Å². The average Bonchev–Trinajstić information content (AvgIpc) is 3.12. The summed E-state index contributed by atoms with van der Waals surface area (Å²) in [4.78, 5) is 0. The Morgan fingerprint density at radius 1 is 0.680 bits per heavy atom. The summed E-state index contributed by atoms with van der Waals surface area (Å²) in [5.41, 5.74) is 0. The standard InChI is InChI=1S/C4H8O.2C4H11Si.4CO.Co.Ga/c1-2-4-5-3-1;2*1-5(2,3)4;4*1-2;;/h1-4H2;2*1H2,2-4H3;;;;;;. The van der Waals surface area contributed by atoms with E-state index in [-0.39, 0.29) is 34.2 Å². The number of hydrogen-bond acceptors (Lipinski definition) is 1. The van der Waals surface area contributed by atoms with Crippen LogP contribution in [0.3, 0.4) is 0 Å². The minimum absolute atomic E-state index is 0. The predicted octanol–water partition coefficient (Wildman–Crippen LogP) is 3.93. The van der Waals surface area contributed by atoms with Crippen molar-refractivity contribution >= 4 is 33.6 Å². The van der Waals surface area contributed by atoms with E-state index in [0.29, 0.717) is 0 Å². The molecule has 9 heteroatoms. The van der Waals surface area contributed by atoms with Gasteiger partial charge in [-0.1, -0.05) is 0 Å². The normalized spacial score (nSPS) is 11.0. The molecule has 0 unspecified atom stereocenters. The smallest absolute Gasteiger partial charge is 0 e. The molecular weight excluding hydrogens is 457 g/mol. The molecule has 1 heterocycles. The van der Waals surface area contributed by atoms with Crippen LogP contribution in [0, 0.1) is 26.6 Å². The Morgan fingerprint density at radius 2 is 0.920 bits per heavy atom. The Labute approximate surface area is 174 Å². The third-order valence-corrected chi connectivity index (χ3v) is 24.4. The van der Waals surface area contributed by atoms with Gasteiger partial charge in [0.2, 0.25) is 0 Å². The van der Waals surface area contributed by atoms with Gasteiger partial charge in [-0.25, -0.2) is 0 Å². The molecule has 0 spiro atoms. The van der Waals surface area contributed by atoms with E-state index >= 15 is 0 Å². The maximum atomic E-state index is 7.50. The monoisotopic (exact) mass is 486 g/mol. The van der Waals surface area contributed by atoms with E-state index in [1.807, 2.05) is 0 Å². The van der Waals surface area contributed by atoms with Gasteiger partial charge in [0.25, 0.3) is 0 Å². The Morgan fingerprint density at radius 3 is 1.04 bits per heavy atom. The Kier molecular flexibility index (Phi) is 51.8. The van der Waals surface area contributed by atoms with Gasteiger partial charge in [-0.05, 0) is 12.8 Å². The molecule has 0 aromatic heterocycles. The molecular formula is C16H30CoGaO5Si2. The zero-order chi connectivity index (χ0) is 20.7. The van der Waals surface area contributed by atoms with Crippen molar-refractivity contribution in [1.29, 1.82) is 0 Å². The zero-order valence-corrected chi connectivity index (χ0v) is 21.7. The van der Waals surface area contributed by atoms with Crippen molar-refractivity contribution in [3.8, 4) is 0 Å². The van der Waals surface area contributed by atoms with Crippen molar-refractivity contribution in [3.63, 3.8) is 0 Å². The topological polar surface area (TPSA) is 88.8 Å². The van der Waals surface area contributed by atoms with Crippen molar-refractivity contribution in [1.82, 2.24) is 0 Å². The SMILES string of the molecule is C1CCOC1.C[Si](C)(C)[CH2][Ga][CH2][Si](C)(C)C.[C-]#[O+].[C-]#[O+].[C-]#[O+].[C-]#[O+].[Co]. The Bertz CT molecular complexity index is 271. The fraction of sp³-hybridized carbons (Fsp3) is 0.750. The van der Waals surface area contributed by atoms with Gasteiger partial charge in [0, 0.05) is 30.0 Å². The molecule has 0 aliphatic carbocycles. The van der Waals surface area contributed by atoms with Crippen LogP contribution in [-0.2, 0) is 40.1 Å². The van der Waals surface area contributed by atoms with E-state index in [4.69, 9.17) is 23.3 Å². The molecule has 1 aliphatic rings. The molecule has 0 atom stereocenters. The molecule has 1 saturated heterocycles. The van der Waals surface area contributed by atoms with Gasteiger partial charge in [-0.15, -0.1) is 0 Å². The van der Waals surface area contributed by atoms with Crippen LogP contribution in [0.1, 0.15) is 12.8 Å². The molecule has 5 nitrogen and oxygen atoms in total. The van der Waals surface area contributed by atoms with Crippen LogP contribution in [0.2, 0.25) is 48.5 Å². The molecule has 1 fully saturated rings. The third kappa shape index (κ3) is 68.1. The molecule has 1 aliphatic heterocycles. The van der Waals surface area contributed by atoms with Crippen molar-refractivity contribution in [3.05, 3.63) is 26.6 Å². The molecule has 144 valence electrons. The quantitative estimate of drug-likeness (QED) is 0.336. The largest absolute Gasteiger partial charge is 0 e. The average molecular weight is 487 g/mol. The molecule has 25 heavy (non-hydrogen) atoms. The molecule has 1 rings (SSSR count). The fourth-order valence-electron chi connectivity index (χ4n) is 1.45. The molecule has 0 aromatic carbocycles. The van der Waals surface area contributed by atoms with Crippen LogP contribution in [-0.4, -0.2) is 46.8 Å². The summed E-state index contributed by atoms with van der Waals surface area (Å²) < 4.78 is 38.3. The predicted molar refractivity (Wildman–Crippen MR) is 97.8 cm³/mol. The maximum Gasteiger partial charge on any atom is 0 e. The van der Waals surface area contributed by atoms with Crippen molar-refractivity contribution in [2.45, 2.75) is 61.3 Å². The summed E-state index contributed by atoms with van der Waals surface area (Å²) in [7, 11) is -1.33. The minimum atomic E-state index is -0.665. The van der Waals surface area contributed by atoms with Gasteiger partial charge in [-0.2, -0.15) is 0 Å². The van der Waals surface area contributed by atoms with Crippen molar-refractivity contribution in [2.24, 2.45) is 0 Å². The maximum absolute atomic E-state index is 7.50. The zero-order valence-electron chi connectivity index (χ0n) is 16.2. The Balaban J connectivity index is -0.0000000541. The third-order valence-electron chi connectivity index (χ3n) is 2.34. The van der Waals surface area contributed by atoms with Crippen molar-refractivity contribution < 1.29 is 40.1 Å². The van der Waals surface area contributed by atoms with Gasteiger partial charge in [-0.3, -0.25) is 0 Å². The van der Waals surface area contributed by atoms with Crippen molar-refractivity contribution in [2.75, 3.05) is 13.2 Å². The molecule has 2 radical (unpaired) electrons. The summed E-state index contributed by atoms with van der Waals surface area (Å²) in [5, 5.41) is 0. The van der Waals surface area contributed by atoms with Gasteiger partial charge in [0.15, 0.2) is 0 Å². The summed E-state index contributed by atoms with van der Waals surface area (Å²) in [5.74, 6) is 0. The summed E-state index contributed by atoms with van der Waals surface area (Å²) in [6.07, 6.45) is 2.56. The first-order valence-electron chi connectivity index (χ1n) is 7.42. The first kappa shape index (κ1) is 40.3. The van der Waals surface area contributed by atoms with Crippen LogP contribution in [0.25, 0.3) is 0 Å². The van der Waals surface area contributed by atoms with E-state index < -0.39 is 16.1 Å². The number of ether oxygens (including phenoxy) is 1. The molecule has 0 bridgehead atoms. The summed E-state index contributed by atoms with van der Waals surface area (Å²) in [6, 6.07) is 0. The second kappa shape index (κ2) is 32.2. The van der Waals surface area contributed by atoms with E-state index in [1.165, 1.54) is 12.8 Å². The molecule has 0 saturated carbocycles. The second-order valence-electron chi connectivity index (χ2n) is 7.14. The van der Waals surface area contributed by atoms with E-state index in [9.17, 15) is 0 Å². The number of hydrogen-bond donors (Lipinski definition) is 0. The molecule has 0 N–H and O–H groups in total. The van der Waals surface area contributed by atoms with Crippen LogP contribution < -0.4 is 0 Å². The van der Waals surface area contributed by atoms with E-state index in [0.717, 1.165) is 13.2 Å².